The van der Waals surface area contributed by atoms with Crippen LogP contribution in [0.25, 0.3) is 22.4 Å². The molecule has 2 heterocycles. The Morgan fingerprint density at radius 1 is 0.922 bits per heavy atom. The van der Waals surface area contributed by atoms with Gasteiger partial charge in [0.2, 0.25) is 0 Å². The van der Waals surface area contributed by atoms with E-state index in [1.54, 1.807) is 12.1 Å². The maximum Gasteiger partial charge on any atom is 0.407 e. The average Bonchev–Trinajstić information content (AvgIpc) is 3.66. The molecular formula is C40H42N4O5SSi. The number of carbonyl (C=O) groups is 2. The normalized spacial score (nSPS) is 11.3. The lowest BCUT2D eigenvalue weighted by Crippen LogP contribution is -2.44. The van der Waals surface area contributed by atoms with E-state index in [1.807, 2.05) is 90.3 Å². The molecular weight excluding hydrogens is 677 g/mol. The largest absolute Gasteiger partial charge is 0.543 e. The molecule has 0 aliphatic carbocycles. The summed E-state index contributed by atoms with van der Waals surface area (Å²) in [6.45, 7) is 11.9. The zero-order chi connectivity index (χ0) is 36.4. The van der Waals surface area contributed by atoms with Crippen LogP contribution in [0, 0.1) is 11.3 Å². The molecule has 0 bridgehead atoms. The van der Waals surface area contributed by atoms with E-state index < -0.39 is 14.4 Å². The number of thiophene rings is 1. The van der Waals surface area contributed by atoms with E-state index in [4.69, 9.17) is 18.9 Å². The van der Waals surface area contributed by atoms with Crippen LogP contribution < -0.4 is 19.8 Å². The van der Waals surface area contributed by atoms with Crippen LogP contribution in [0.4, 0.5) is 10.6 Å². The first-order valence-corrected chi connectivity index (χ1v) is 20.5. The van der Waals surface area contributed by atoms with Crippen molar-refractivity contribution in [2.75, 3.05) is 18.5 Å². The molecule has 0 unspecified atom stereocenters. The highest BCUT2D eigenvalue weighted by Gasteiger charge is 2.39. The van der Waals surface area contributed by atoms with Crippen molar-refractivity contribution in [3.63, 3.8) is 0 Å². The standard InChI is InChI=1S/C40H42N4O5SSi/c1-40(2,3)51(4,5)49-35-19-10-9-18-31(35)34-25-32(33(26-41)37(43-34)44-38(45)36-20-12-23-50-36)29-16-11-17-30(24-29)47-22-13-21-42-39(46)48-27-28-14-7-6-8-15-28/h6-12,14-20,23-25H,13,21-22,27H2,1-5H3,(H,42,46)(H,43,44,45). The summed E-state index contributed by atoms with van der Waals surface area (Å²) in [5.41, 5.74) is 3.74. The molecule has 0 saturated heterocycles. The van der Waals surface area contributed by atoms with Crippen LogP contribution in [0.5, 0.6) is 11.5 Å². The minimum atomic E-state index is -2.23. The Hall–Kier alpha value is -5.44. The lowest BCUT2D eigenvalue weighted by atomic mass is 9.98. The van der Waals surface area contributed by atoms with Gasteiger partial charge in [-0.25, -0.2) is 9.78 Å². The zero-order valence-electron chi connectivity index (χ0n) is 29.5. The first-order chi connectivity index (χ1) is 24.4. The third kappa shape index (κ3) is 9.63. The van der Waals surface area contributed by atoms with E-state index in [2.05, 4.69) is 50.6 Å². The van der Waals surface area contributed by atoms with Gasteiger partial charge in [-0.2, -0.15) is 5.26 Å². The van der Waals surface area contributed by atoms with Crippen LogP contribution in [0.3, 0.4) is 0 Å². The molecule has 11 heteroatoms. The third-order valence-electron chi connectivity index (χ3n) is 8.66. The predicted molar refractivity (Wildman–Crippen MR) is 205 cm³/mol. The smallest absolute Gasteiger partial charge is 0.407 e. The number of benzene rings is 3. The molecule has 0 fully saturated rings. The maximum absolute atomic E-state index is 13.2. The fourth-order valence-corrected chi connectivity index (χ4v) is 6.52. The zero-order valence-corrected chi connectivity index (χ0v) is 31.3. The van der Waals surface area contributed by atoms with Crippen molar-refractivity contribution in [2.24, 2.45) is 0 Å². The monoisotopic (exact) mass is 718 g/mol. The van der Waals surface area contributed by atoms with E-state index in [1.165, 1.54) is 11.3 Å². The van der Waals surface area contributed by atoms with Gasteiger partial charge in [-0.3, -0.25) is 4.79 Å². The molecule has 262 valence electrons. The van der Waals surface area contributed by atoms with Gasteiger partial charge >= 0.3 is 6.09 Å². The topological polar surface area (TPSA) is 123 Å². The molecule has 0 radical (unpaired) electrons. The SMILES string of the molecule is CC(C)(C)[Si](C)(C)Oc1ccccc1-c1cc(-c2cccc(OCCCNC(=O)OCc3ccccc3)c2)c(C#N)c(NC(=O)c2cccs2)n1. The highest BCUT2D eigenvalue weighted by Crippen LogP contribution is 2.41. The van der Waals surface area contributed by atoms with Crippen molar-refractivity contribution >= 4 is 37.5 Å². The van der Waals surface area contributed by atoms with E-state index in [-0.39, 0.29) is 28.9 Å². The Kier molecular flexibility index (Phi) is 11.9. The molecule has 2 N–H and O–H groups in total. The fourth-order valence-electron chi connectivity index (χ4n) is 4.87. The Morgan fingerprint density at radius 2 is 1.69 bits per heavy atom. The highest BCUT2D eigenvalue weighted by molar-refractivity contribution is 7.12. The first-order valence-electron chi connectivity index (χ1n) is 16.7. The van der Waals surface area contributed by atoms with Crippen LogP contribution in [0.15, 0.2) is 102 Å². The number of aromatic nitrogens is 1. The predicted octanol–water partition coefficient (Wildman–Crippen LogP) is 9.68. The first kappa shape index (κ1) is 36.8. The molecule has 51 heavy (non-hydrogen) atoms. The van der Waals surface area contributed by atoms with Crippen molar-refractivity contribution in [3.05, 3.63) is 118 Å². The molecule has 0 aliphatic heterocycles. The summed E-state index contributed by atoms with van der Waals surface area (Å²) in [4.78, 5) is 30.7. The molecule has 2 amide bonds. The number of hydrogen-bond donors (Lipinski definition) is 2. The van der Waals surface area contributed by atoms with Gasteiger partial charge in [-0.15, -0.1) is 11.3 Å². The molecule has 2 aromatic heterocycles. The van der Waals surface area contributed by atoms with Gasteiger partial charge in [0.25, 0.3) is 14.2 Å². The second-order valence-corrected chi connectivity index (χ2v) is 19.1. The summed E-state index contributed by atoms with van der Waals surface area (Å²) in [7, 11) is -2.23. The maximum atomic E-state index is 13.2. The molecule has 9 nitrogen and oxygen atoms in total. The second kappa shape index (κ2) is 16.5. The number of hydrogen-bond acceptors (Lipinski definition) is 8. The van der Waals surface area contributed by atoms with Crippen LogP contribution in [-0.4, -0.2) is 38.5 Å². The molecule has 3 aromatic carbocycles. The number of anilines is 1. The Labute approximate surface area is 304 Å². The number of nitrogens with one attached hydrogen (secondary N) is 2. The van der Waals surface area contributed by atoms with Gasteiger partial charge in [0.05, 0.1) is 17.2 Å². The molecule has 5 aromatic rings. The number of carbonyl (C=O) groups excluding carboxylic acids is 2. The molecule has 0 saturated carbocycles. The van der Waals surface area contributed by atoms with Gasteiger partial charge in [0, 0.05) is 17.7 Å². The Bertz CT molecular complexity index is 2000. The summed E-state index contributed by atoms with van der Waals surface area (Å²) in [6, 6.07) is 32.3. The van der Waals surface area contributed by atoms with E-state index in [0.29, 0.717) is 52.8 Å². The minimum Gasteiger partial charge on any atom is -0.543 e. The van der Waals surface area contributed by atoms with Crippen LogP contribution in [0.1, 0.15) is 48.0 Å². The van der Waals surface area contributed by atoms with Crippen molar-refractivity contribution in [2.45, 2.75) is 51.9 Å². The van der Waals surface area contributed by atoms with Gasteiger partial charge in [0.1, 0.15) is 29.7 Å². The minimum absolute atomic E-state index is 0.0363. The van der Waals surface area contributed by atoms with Gasteiger partial charge in [0.15, 0.2) is 5.82 Å². The summed E-state index contributed by atoms with van der Waals surface area (Å²) in [5.74, 6) is 1.09. The van der Waals surface area contributed by atoms with Gasteiger partial charge < -0.3 is 24.5 Å². The number of amides is 2. The molecule has 5 rings (SSSR count). The number of nitrogens with zero attached hydrogens (tertiary/aromatic N) is 2. The van der Waals surface area contributed by atoms with Crippen molar-refractivity contribution in [3.8, 4) is 40.0 Å². The van der Waals surface area contributed by atoms with Crippen molar-refractivity contribution in [1.29, 1.82) is 5.26 Å². The summed E-state index contributed by atoms with van der Waals surface area (Å²) in [6.07, 6.45) is 0.0638. The van der Waals surface area contributed by atoms with Crippen LogP contribution in [0.2, 0.25) is 18.1 Å². The number of para-hydroxylation sites is 1. The van der Waals surface area contributed by atoms with Crippen LogP contribution >= 0.6 is 11.3 Å². The Balaban J connectivity index is 1.39. The van der Waals surface area contributed by atoms with Crippen molar-refractivity contribution in [1.82, 2.24) is 10.3 Å². The number of alkyl carbamates (subject to hydrolysis) is 1. The van der Waals surface area contributed by atoms with E-state index in [0.717, 1.165) is 11.1 Å². The lowest BCUT2D eigenvalue weighted by Gasteiger charge is -2.37. The van der Waals surface area contributed by atoms with Gasteiger partial charge in [-0.05, 0) is 77.5 Å². The average molecular weight is 719 g/mol. The molecule has 0 spiro atoms. The van der Waals surface area contributed by atoms with Crippen LogP contribution in [-0.2, 0) is 11.3 Å². The number of rotatable bonds is 13. The number of ether oxygens (including phenoxy) is 2. The third-order valence-corrected chi connectivity index (χ3v) is 13.9. The molecule has 0 atom stereocenters. The summed E-state index contributed by atoms with van der Waals surface area (Å²) >= 11 is 1.31. The number of nitriles is 1. The van der Waals surface area contributed by atoms with Gasteiger partial charge in [-0.1, -0.05) is 81.4 Å². The Morgan fingerprint density at radius 3 is 2.41 bits per heavy atom. The van der Waals surface area contributed by atoms with E-state index >= 15 is 0 Å². The number of pyridine rings is 1. The lowest BCUT2D eigenvalue weighted by molar-refractivity contribution is 0.103. The fraction of sp³-hybridized carbons (Fsp3) is 0.250. The second-order valence-electron chi connectivity index (χ2n) is 13.4. The van der Waals surface area contributed by atoms with E-state index in [9.17, 15) is 14.9 Å². The quantitative estimate of drug-likeness (QED) is 0.0918. The molecule has 0 aliphatic rings. The summed E-state index contributed by atoms with van der Waals surface area (Å²) in [5, 5.41) is 17.9. The highest BCUT2D eigenvalue weighted by atomic mass is 32.1. The van der Waals surface area contributed by atoms with Crippen molar-refractivity contribution < 1.29 is 23.5 Å². The summed E-state index contributed by atoms with van der Waals surface area (Å²) < 4.78 is 18.1.